The summed E-state index contributed by atoms with van der Waals surface area (Å²) in [5.41, 5.74) is 4.27. The number of nitrogens with zero attached hydrogens (tertiary/aromatic N) is 3. The van der Waals surface area contributed by atoms with Gasteiger partial charge in [0, 0.05) is 24.3 Å². The lowest BCUT2D eigenvalue weighted by Gasteiger charge is -2.05. The molecule has 24 heavy (non-hydrogen) atoms. The maximum absolute atomic E-state index is 4.64. The molecule has 0 spiro atoms. The monoisotopic (exact) mass is 380 g/mol. The molecule has 1 aromatic carbocycles. The number of para-hydroxylation sites is 1. The van der Waals surface area contributed by atoms with E-state index >= 15 is 0 Å². The summed E-state index contributed by atoms with van der Waals surface area (Å²) in [4.78, 5) is 9.15. The van der Waals surface area contributed by atoms with E-state index in [1.165, 1.54) is 10.9 Å². The van der Waals surface area contributed by atoms with E-state index in [1.54, 1.807) is 0 Å². The van der Waals surface area contributed by atoms with Gasteiger partial charge >= 0.3 is 0 Å². The van der Waals surface area contributed by atoms with Crippen LogP contribution in [-0.4, -0.2) is 20.9 Å². The second kappa shape index (κ2) is 6.71. The Hall–Kier alpha value is -2.24. The molecule has 0 saturated carbocycles. The molecule has 0 unspecified atom stereocenters. The van der Waals surface area contributed by atoms with Crippen LogP contribution in [-0.2, 0) is 13.0 Å². The SMILES string of the molecule is Brc1c(CNCCc2cnc3ccccc3c2)nc2ccccn12. The van der Waals surface area contributed by atoms with Crippen molar-refractivity contribution in [3.05, 3.63) is 76.8 Å². The number of hydrogen-bond acceptors (Lipinski definition) is 3. The number of pyridine rings is 2. The number of rotatable bonds is 5. The lowest BCUT2D eigenvalue weighted by molar-refractivity contribution is 0.675. The van der Waals surface area contributed by atoms with Crippen molar-refractivity contribution in [3.8, 4) is 0 Å². The molecule has 5 heteroatoms. The normalized spacial score (nSPS) is 11.4. The summed E-state index contributed by atoms with van der Waals surface area (Å²) in [5, 5.41) is 4.66. The van der Waals surface area contributed by atoms with Crippen molar-refractivity contribution in [2.75, 3.05) is 6.54 Å². The first-order valence-corrected chi connectivity index (χ1v) is 8.76. The molecule has 3 aromatic heterocycles. The van der Waals surface area contributed by atoms with Gasteiger partial charge in [-0.15, -0.1) is 0 Å². The highest BCUT2D eigenvalue weighted by Crippen LogP contribution is 2.18. The molecule has 0 aliphatic heterocycles. The summed E-state index contributed by atoms with van der Waals surface area (Å²) in [7, 11) is 0. The average Bonchev–Trinajstić information content (AvgIpc) is 2.95. The predicted molar refractivity (Wildman–Crippen MR) is 100 cm³/mol. The predicted octanol–water partition coefficient (Wildman–Crippen LogP) is 3.98. The first-order valence-electron chi connectivity index (χ1n) is 7.97. The minimum Gasteiger partial charge on any atom is -0.311 e. The number of imidazole rings is 1. The lowest BCUT2D eigenvalue weighted by atomic mass is 10.1. The number of nitrogens with one attached hydrogen (secondary N) is 1. The third kappa shape index (κ3) is 3.05. The quantitative estimate of drug-likeness (QED) is 0.532. The third-order valence-corrected chi connectivity index (χ3v) is 4.91. The second-order valence-corrected chi connectivity index (χ2v) is 6.49. The van der Waals surface area contributed by atoms with Gasteiger partial charge in [-0.1, -0.05) is 24.3 Å². The van der Waals surface area contributed by atoms with Crippen LogP contribution in [0.25, 0.3) is 16.6 Å². The molecular weight excluding hydrogens is 364 g/mol. The molecular formula is C19H17BrN4. The molecule has 0 atom stereocenters. The van der Waals surface area contributed by atoms with Crippen molar-refractivity contribution in [2.45, 2.75) is 13.0 Å². The van der Waals surface area contributed by atoms with Crippen molar-refractivity contribution in [1.82, 2.24) is 19.7 Å². The zero-order chi connectivity index (χ0) is 16.4. The Morgan fingerprint density at radius 3 is 2.88 bits per heavy atom. The molecule has 0 amide bonds. The fourth-order valence-corrected chi connectivity index (χ4v) is 3.35. The van der Waals surface area contributed by atoms with Gasteiger partial charge in [-0.25, -0.2) is 4.98 Å². The van der Waals surface area contributed by atoms with E-state index < -0.39 is 0 Å². The summed E-state index contributed by atoms with van der Waals surface area (Å²) in [5.74, 6) is 0. The minimum absolute atomic E-state index is 0.739. The van der Waals surface area contributed by atoms with Crippen molar-refractivity contribution in [3.63, 3.8) is 0 Å². The van der Waals surface area contributed by atoms with Gasteiger partial charge in [-0.2, -0.15) is 0 Å². The standard InChI is InChI=1S/C19H17BrN4/c20-19-17(23-18-7-3-4-10-24(18)19)13-21-9-8-14-11-15-5-1-2-6-16(15)22-12-14/h1-7,10-12,21H,8-9,13H2. The smallest absolute Gasteiger partial charge is 0.137 e. The molecule has 4 nitrogen and oxygen atoms in total. The molecule has 4 aromatic rings. The van der Waals surface area contributed by atoms with E-state index in [0.717, 1.165) is 41.0 Å². The maximum atomic E-state index is 4.64. The lowest BCUT2D eigenvalue weighted by Crippen LogP contribution is -2.17. The molecule has 0 aliphatic rings. The highest BCUT2D eigenvalue weighted by atomic mass is 79.9. The van der Waals surface area contributed by atoms with Gasteiger partial charge in [0.05, 0.1) is 11.2 Å². The first-order chi connectivity index (χ1) is 11.8. The Morgan fingerprint density at radius 2 is 1.96 bits per heavy atom. The summed E-state index contributed by atoms with van der Waals surface area (Å²) >= 11 is 3.63. The van der Waals surface area contributed by atoms with Crippen molar-refractivity contribution >= 4 is 32.5 Å². The van der Waals surface area contributed by atoms with Crippen LogP contribution < -0.4 is 5.32 Å². The van der Waals surface area contributed by atoms with Crippen LogP contribution in [0.4, 0.5) is 0 Å². The van der Waals surface area contributed by atoms with Crippen LogP contribution in [0.5, 0.6) is 0 Å². The van der Waals surface area contributed by atoms with Crippen LogP contribution in [0, 0.1) is 0 Å². The first kappa shape index (κ1) is 15.3. The van der Waals surface area contributed by atoms with Crippen LogP contribution in [0.15, 0.2) is 65.5 Å². The highest BCUT2D eigenvalue weighted by molar-refractivity contribution is 9.10. The summed E-state index contributed by atoms with van der Waals surface area (Å²) in [6.45, 7) is 1.63. The van der Waals surface area contributed by atoms with Crippen LogP contribution in [0.2, 0.25) is 0 Å². The fourth-order valence-electron chi connectivity index (χ4n) is 2.82. The Morgan fingerprint density at radius 1 is 1.08 bits per heavy atom. The zero-order valence-corrected chi connectivity index (χ0v) is 14.7. The molecule has 0 bridgehead atoms. The van der Waals surface area contributed by atoms with E-state index in [2.05, 4.69) is 43.3 Å². The zero-order valence-electron chi connectivity index (χ0n) is 13.1. The molecule has 4 rings (SSSR count). The Balaban J connectivity index is 1.38. The van der Waals surface area contributed by atoms with Gasteiger partial charge in [-0.3, -0.25) is 9.38 Å². The van der Waals surface area contributed by atoms with Gasteiger partial charge in [0.15, 0.2) is 0 Å². The topological polar surface area (TPSA) is 42.2 Å². The van der Waals surface area contributed by atoms with Crippen molar-refractivity contribution in [2.24, 2.45) is 0 Å². The Labute approximate surface area is 148 Å². The maximum Gasteiger partial charge on any atom is 0.137 e. The Kier molecular flexibility index (Phi) is 4.28. The van der Waals surface area contributed by atoms with Crippen molar-refractivity contribution < 1.29 is 0 Å². The van der Waals surface area contributed by atoms with E-state index in [9.17, 15) is 0 Å². The highest BCUT2D eigenvalue weighted by Gasteiger charge is 2.08. The van der Waals surface area contributed by atoms with E-state index in [-0.39, 0.29) is 0 Å². The van der Waals surface area contributed by atoms with Crippen LogP contribution >= 0.6 is 15.9 Å². The van der Waals surface area contributed by atoms with Gasteiger partial charge in [-0.05, 0) is 58.7 Å². The summed E-state index contributed by atoms with van der Waals surface area (Å²) < 4.78 is 3.06. The number of hydrogen-bond donors (Lipinski definition) is 1. The van der Waals surface area contributed by atoms with Gasteiger partial charge in [0.25, 0.3) is 0 Å². The molecule has 0 aliphatic carbocycles. The molecule has 1 N–H and O–H groups in total. The number of halogens is 1. The third-order valence-electron chi connectivity index (χ3n) is 4.07. The largest absolute Gasteiger partial charge is 0.311 e. The molecule has 0 saturated heterocycles. The van der Waals surface area contributed by atoms with E-state index in [4.69, 9.17) is 0 Å². The molecule has 0 radical (unpaired) electrons. The fraction of sp³-hybridized carbons (Fsp3) is 0.158. The van der Waals surface area contributed by atoms with Crippen LogP contribution in [0.3, 0.4) is 0 Å². The number of fused-ring (bicyclic) bond motifs is 2. The molecule has 0 fully saturated rings. The number of benzene rings is 1. The van der Waals surface area contributed by atoms with E-state index in [1.807, 2.05) is 53.2 Å². The van der Waals surface area contributed by atoms with Crippen LogP contribution in [0.1, 0.15) is 11.3 Å². The summed E-state index contributed by atoms with van der Waals surface area (Å²) in [6, 6.07) is 16.4. The Bertz CT molecular complexity index is 993. The van der Waals surface area contributed by atoms with Gasteiger partial charge in [0.2, 0.25) is 0 Å². The van der Waals surface area contributed by atoms with Crippen molar-refractivity contribution in [1.29, 1.82) is 0 Å². The second-order valence-electron chi connectivity index (χ2n) is 5.74. The molecule has 120 valence electrons. The van der Waals surface area contributed by atoms with E-state index in [0.29, 0.717) is 0 Å². The molecule has 3 heterocycles. The average molecular weight is 381 g/mol. The summed E-state index contributed by atoms with van der Waals surface area (Å²) in [6.07, 6.45) is 4.92. The minimum atomic E-state index is 0.739. The van der Waals surface area contributed by atoms with Gasteiger partial charge < -0.3 is 5.32 Å². The van der Waals surface area contributed by atoms with Gasteiger partial charge in [0.1, 0.15) is 10.3 Å². The number of aromatic nitrogens is 3.